The van der Waals surface area contributed by atoms with Crippen LogP contribution < -0.4 is 10.6 Å². The van der Waals surface area contributed by atoms with Gasteiger partial charge in [0.2, 0.25) is 0 Å². The molecule has 1 atom stereocenters. The molecule has 0 aromatic carbocycles. The molecule has 1 aliphatic heterocycles. The summed E-state index contributed by atoms with van der Waals surface area (Å²) in [7, 11) is 0. The van der Waals surface area contributed by atoms with E-state index in [1.54, 1.807) is 6.20 Å². The molecule has 3 nitrogen and oxygen atoms in total. The van der Waals surface area contributed by atoms with Crippen molar-refractivity contribution in [3.8, 4) is 0 Å². The summed E-state index contributed by atoms with van der Waals surface area (Å²) in [6, 6.07) is 3.90. The molecule has 1 fully saturated rings. The van der Waals surface area contributed by atoms with Gasteiger partial charge in [0.05, 0.1) is 11.9 Å². The van der Waals surface area contributed by atoms with Crippen LogP contribution in [0.15, 0.2) is 18.3 Å². The highest BCUT2D eigenvalue weighted by molar-refractivity contribution is 5.46. The highest BCUT2D eigenvalue weighted by atomic mass is 15.2. The van der Waals surface area contributed by atoms with Gasteiger partial charge in [-0.3, -0.25) is 0 Å². The largest absolute Gasteiger partial charge is 0.397 e. The molecule has 15 heavy (non-hydrogen) atoms. The lowest BCUT2D eigenvalue weighted by atomic mass is 10.2. The molecular weight excluding hydrogens is 186 g/mol. The van der Waals surface area contributed by atoms with Crippen LogP contribution in [0.25, 0.3) is 0 Å². The zero-order valence-corrected chi connectivity index (χ0v) is 9.90. The van der Waals surface area contributed by atoms with Crippen LogP contribution in [0.5, 0.6) is 0 Å². The van der Waals surface area contributed by atoms with Crippen molar-refractivity contribution in [3.63, 3.8) is 0 Å². The highest BCUT2D eigenvalue weighted by Gasteiger charge is 2.19. The zero-order valence-electron chi connectivity index (χ0n) is 9.90. The van der Waals surface area contributed by atoms with E-state index in [1.165, 1.54) is 6.42 Å². The Morgan fingerprint density at radius 1 is 1.40 bits per heavy atom. The van der Waals surface area contributed by atoms with Crippen molar-refractivity contribution < 1.29 is 0 Å². The predicted octanol–water partition coefficient (Wildman–Crippen LogP) is 2.54. The van der Waals surface area contributed by atoms with Gasteiger partial charge in [-0.1, -0.05) is 20.8 Å². The number of hydrogen-bond acceptors (Lipinski definition) is 3. The molecule has 1 aromatic rings. The summed E-state index contributed by atoms with van der Waals surface area (Å²) in [5.74, 6) is 1.85. The predicted molar refractivity (Wildman–Crippen MR) is 66.0 cm³/mol. The van der Waals surface area contributed by atoms with Gasteiger partial charge in [0.15, 0.2) is 0 Å². The number of nitrogens with two attached hydrogens (primary N) is 1. The lowest BCUT2D eigenvalue weighted by molar-refractivity contribution is 0.659. The quantitative estimate of drug-likeness (QED) is 0.769. The minimum absolute atomic E-state index is 0.732. The topological polar surface area (TPSA) is 42.1 Å². The molecule has 1 aliphatic rings. The number of hydrogen-bond donors (Lipinski definition) is 1. The molecule has 0 radical (unpaired) electrons. The van der Waals surface area contributed by atoms with Gasteiger partial charge in [0.25, 0.3) is 0 Å². The Balaban J connectivity index is 0.000000531. The van der Waals surface area contributed by atoms with E-state index >= 15 is 0 Å². The molecule has 0 aliphatic carbocycles. The number of aromatic nitrogens is 1. The van der Waals surface area contributed by atoms with Crippen LogP contribution in [0.2, 0.25) is 0 Å². The highest BCUT2D eigenvalue weighted by Crippen LogP contribution is 2.21. The van der Waals surface area contributed by atoms with Gasteiger partial charge in [0, 0.05) is 13.1 Å². The monoisotopic (exact) mass is 207 g/mol. The summed E-state index contributed by atoms with van der Waals surface area (Å²) in [5, 5.41) is 0. The Labute approximate surface area is 92.3 Å². The molecule has 1 saturated heterocycles. The molecule has 2 N–H and O–H groups in total. The first-order valence-corrected chi connectivity index (χ1v) is 5.72. The van der Waals surface area contributed by atoms with Gasteiger partial charge in [-0.25, -0.2) is 4.98 Å². The van der Waals surface area contributed by atoms with Crippen LogP contribution in [-0.4, -0.2) is 18.1 Å². The average molecular weight is 207 g/mol. The second kappa shape index (κ2) is 5.59. The Morgan fingerprint density at radius 3 is 2.60 bits per heavy atom. The Morgan fingerprint density at radius 2 is 2.13 bits per heavy atom. The summed E-state index contributed by atoms with van der Waals surface area (Å²) in [6.45, 7) is 8.52. The van der Waals surface area contributed by atoms with E-state index in [0.29, 0.717) is 0 Å². The van der Waals surface area contributed by atoms with E-state index in [-0.39, 0.29) is 0 Å². The number of nitrogens with zero attached hydrogens (tertiary/aromatic N) is 2. The van der Waals surface area contributed by atoms with Crippen molar-refractivity contribution in [2.24, 2.45) is 5.92 Å². The summed E-state index contributed by atoms with van der Waals surface area (Å²) in [5.41, 5.74) is 6.30. The van der Waals surface area contributed by atoms with Gasteiger partial charge in [-0.05, 0) is 24.5 Å². The molecule has 1 aromatic heterocycles. The van der Waals surface area contributed by atoms with E-state index in [9.17, 15) is 0 Å². The molecular formula is C12H21N3. The number of pyridine rings is 1. The molecule has 2 heterocycles. The van der Waals surface area contributed by atoms with Gasteiger partial charge < -0.3 is 10.6 Å². The van der Waals surface area contributed by atoms with Crippen LogP contribution in [-0.2, 0) is 0 Å². The SMILES string of the molecule is CC.CC1CCN(c2ccc(N)cn2)C1. The molecule has 3 heteroatoms. The van der Waals surface area contributed by atoms with Gasteiger partial charge in [-0.15, -0.1) is 0 Å². The first-order chi connectivity index (χ1) is 7.25. The van der Waals surface area contributed by atoms with Gasteiger partial charge in [-0.2, -0.15) is 0 Å². The molecule has 0 amide bonds. The first-order valence-electron chi connectivity index (χ1n) is 5.72. The van der Waals surface area contributed by atoms with Gasteiger partial charge >= 0.3 is 0 Å². The number of rotatable bonds is 1. The van der Waals surface area contributed by atoms with E-state index in [4.69, 9.17) is 5.73 Å². The van der Waals surface area contributed by atoms with Crippen molar-refractivity contribution in [1.82, 2.24) is 4.98 Å². The summed E-state index contributed by atoms with van der Waals surface area (Å²) in [6.07, 6.45) is 2.99. The molecule has 0 spiro atoms. The molecule has 84 valence electrons. The smallest absolute Gasteiger partial charge is 0.128 e. The van der Waals surface area contributed by atoms with E-state index in [0.717, 1.165) is 30.5 Å². The average Bonchev–Trinajstić information content (AvgIpc) is 2.69. The lowest BCUT2D eigenvalue weighted by Gasteiger charge is -2.16. The third-order valence-electron chi connectivity index (χ3n) is 2.52. The van der Waals surface area contributed by atoms with Crippen LogP contribution >= 0.6 is 0 Å². The van der Waals surface area contributed by atoms with Crippen molar-refractivity contribution >= 4 is 11.5 Å². The van der Waals surface area contributed by atoms with Crippen molar-refractivity contribution in [1.29, 1.82) is 0 Å². The number of nitrogen functional groups attached to an aromatic ring is 1. The zero-order chi connectivity index (χ0) is 11.3. The molecule has 1 unspecified atom stereocenters. The molecule has 0 bridgehead atoms. The van der Waals surface area contributed by atoms with E-state index in [1.807, 2.05) is 26.0 Å². The van der Waals surface area contributed by atoms with Crippen molar-refractivity contribution in [3.05, 3.63) is 18.3 Å². The summed E-state index contributed by atoms with van der Waals surface area (Å²) < 4.78 is 0. The fraction of sp³-hybridized carbons (Fsp3) is 0.583. The first kappa shape index (κ1) is 11.8. The van der Waals surface area contributed by atoms with Crippen molar-refractivity contribution in [2.75, 3.05) is 23.7 Å². The van der Waals surface area contributed by atoms with Crippen LogP contribution in [0, 0.1) is 5.92 Å². The van der Waals surface area contributed by atoms with Crippen molar-refractivity contribution in [2.45, 2.75) is 27.2 Å². The lowest BCUT2D eigenvalue weighted by Crippen LogP contribution is -2.20. The Hall–Kier alpha value is -1.25. The minimum atomic E-state index is 0.732. The summed E-state index contributed by atoms with van der Waals surface area (Å²) in [4.78, 5) is 6.61. The fourth-order valence-corrected chi connectivity index (χ4v) is 1.73. The maximum atomic E-state index is 5.57. The van der Waals surface area contributed by atoms with Gasteiger partial charge in [0.1, 0.15) is 5.82 Å². The Kier molecular flexibility index (Phi) is 4.40. The Bertz CT molecular complexity index is 281. The fourth-order valence-electron chi connectivity index (χ4n) is 1.73. The molecule has 0 saturated carbocycles. The second-order valence-corrected chi connectivity index (χ2v) is 3.79. The minimum Gasteiger partial charge on any atom is -0.397 e. The molecule has 2 rings (SSSR count). The third kappa shape index (κ3) is 3.11. The normalized spacial score (nSPS) is 19.7. The number of anilines is 2. The van der Waals surface area contributed by atoms with E-state index < -0.39 is 0 Å². The third-order valence-corrected chi connectivity index (χ3v) is 2.52. The maximum Gasteiger partial charge on any atom is 0.128 e. The van der Waals surface area contributed by atoms with Crippen LogP contribution in [0.1, 0.15) is 27.2 Å². The summed E-state index contributed by atoms with van der Waals surface area (Å²) >= 11 is 0. The van der Waals surface area contributed by atoms with Crippen LogP contribution in [0.3, 0.4) is 0 Å². The second-order valence-electron chi connectivity index (χ2n) is 3.79. The van der Waals surface area contributed by atoms with Crippen LogP contribution in [0.4, 0.5) is 11.5 Å². The maximum absolute atomic E-state index is 5.57. The standard InChI is InChI=1S/C10H15N3.C2H6/c1-8-4-5-13(7-8)10-3-2-9(11)6-12-10;1-2/h2-3,6,8H,4-5,7,11H2,1H3;1-2H3. The van der Waals surface area contributed by atoms with E-state index in [2.05, 4.69) is 16.8 Å².